The number of benzene rings is 1. The van der Waals surface area contributed by atoms with Crippen LogP contribution >= 0.6 is 0 Å². The molecule has 0 saturated heterocycles. The minimum atomic E-state index is -0.852. The highest BCUT2D eigenvalue weighted by molar-refractivity contribution is 5.85. The summed E-state index contributed by atoms with van der Waals surface area (Å²) in [5.41, 5.74) is 7.02. The zero-order chi connectivity index (χ0) is 13.6. The van der Waals surface area contributed by atoms with E-state index in [0.717, 1.165) is 11.1 Å². The van der Waals surface area contributed by atoms with Crippen LogP contribution in [0.15, 0.2) is 24.3 Å². The molecule has 1 amide bonds. The smallest absolute Gasteiger partial charge is 0.239 e. The Hall–Kier alpha value is -1.39. The third kappa shape index (κ3) is 4.47. The summed E-state index contributed by atoms with van der Waals surface area (Å²) in [6.07, 6.45) is 0. The van der Waals surface area contributed by atoms with Gasteiger partial charge in [0.2, 0.25) is 5.91 Å². The summed E-state index contributed by atoms with van der Waals surface area (Å²) in [5.74, 6) is -0.159. The summed E-state index contributed by atoms with van der Waals surface area (Å²) in [7, 11) is 0. The second-order valence-electron chi connectivity index (χ2n) is 4.81. The Morgan fingerprint density at radius 2 is 1.94 bits per heavy atom. The zero-order valence-corrected chi connectivity index (χ0v) is 11.3. The van der Waals surface area contributed by atoms with E-state index in [1.54, 1.807) is 13.8 Å². The summed E-state index contributed by atoms with van der Waals surface area (Å²) >= 11 is 0. The van der Waals surface area contributed by atoms with Crippen LogP contribution in [0.4, 0.5) is 0 Å². The maximum atomic E-state index is 11.7. The second kappa shape index (κ2) is 6.52. The third-order valence-corrected chi connectivity index (χ3v) is 2.60. The van der Waals surface area contributed by atoms with E-state index in [1.165, 1.54) is 0 Å². The number of carbonyl (C=O) groups excluding carboxylic acids is 1. The van der Waals surface area contributed by atoms with Crippen LogP contribution in [0, 0.1) is 0 Å². The van der Waals surface area contributed by atoms with E-state index in [4.69, 9.17) is 10.5 Å². The molecule has 1 aromatic rings. The summed E-state index contributed by atoms with van der Waals surface area (Å²) in [5, 5.41) is 2.84. The molecule has 0 unspecified atom stereocenters. The minimum Gasteiger partial charge on any atom is -0.377 e. The largest absolute Gasteiger partial charge is 0.377 e. The van der Waals surface area contributed by atoms with Crippen molar-refractivity contribution in [2.45, 2.75) is 39.5 Å². The molecule has 0 radical (unpaired) electrons. The van der Waals surface area contributed by atoms with Crippen molar-refractivity contribution in [1.29, 1.82) is 0 Å². The topological polar surface area (TPSA) is 64.3 Å². The van der Waals surface area contributed by atoms with E-state index >= 15 is 0 Å². The molecule has 4 nitrogen and oxygen atoms in total. The standard InChI is InChI=1S/C14H22N2O2/c1-4-18-10-12-8-6-5-7-11(12)9-16-13(17)14(2,3)15/h5-8H,4,9-10,15H2,1-3H3,(H,16,17). The fourth-order valence-corrected chi connectivity index (χ4v) is 1.49. The first kappa shape index (κ1) is 14.7. The van der Waals surface area contributed by atoms with E-state index in [1.807, 2.05) is 31.2 Å². The molecule has 0 heterocycles. The van der Waals surface area contributed by atoms with Crippen molar-refractivity contribution in [3.05, 3.63) is 35.4 Å². The van der Waals surface area contributed by atoms with Crippen LogP contribution in [0.3, 0.4) is 0 Å². The molecule has 0 fully saturated rings. The number of ether oxygens (including phenoxy) is 1. The second-order valence-corrected chi connectivity index (χ2v) is 4.81. The number of hydrogen-bond donors (Lipinski definition) is 2. The Labute approximate surface area is 109 Å². The van der Waals surface area contributed by atoms with Gasteiger partial charge in [0.05, 0.1) is 12.1 Å². The van der Waals surface area contributed by atoms with Crippen molar-refractivity contribution in [1.82, 2.24) is 5.32 Å². The number of hydrogen-bond acceptors (Lipinski definition) is 3. The molecule has 0 aliphatic heterocycles. The molecule has 1 rings (SSSR count). The molecule has 3 N–H and O–H groups in total. The Bertz CT molecular complexity index is 397. The van der Waals surface area contributed by atoms with Crippen molar-refractivity contribution in [3.63, 3.8) is 0 Å². The molecule has 0 aliphatic rings. The first-order valence-electron chi connectivity index (χ1n) is 6.17. The number of rotatable bonds is 6. The minimum absolute atomic E-state index is 0.159. The lowest BCUT2D eigenvalue weighted by Gasteiger charge is -2.18. The van der Waals surface area contributed by atoms with Crippen LogP contribution in [-0.2, 0) is 22.7 Å². The fourth-order valence-electron chi connectivity index (χ4n) is 1.49. The van der Waals surface area contributed by atoms with Gasteiger partial charge < -0.3 is 15.8 Å². The highest BCUT2D eigenvalue weighted by Crippen LogP contribution is 2.10. The molecule has 1 aromatic carbocycles. The monoisotopic (exact) mass is 250 g/mol. The Kier molecular flexibility index (Phi) is 5.31. The molecule has 0 aliphatic carbocycles. The lowest BCUT2D eigenvalue weighted by atomic mass is 10.1. The van der Waals surface area contributed by atoms with Gasteiger partial charge in [-0.15, -0.1) is 0 Å². The predicted molar refractivity (Wildman–Crippen MR) is 71.9 cm³/mol. The molecule has 100 valence electrons. The molecule has 0 atom stereocenters. The van der Waals surface area contributed by atoms with E-state index in [-0.39, 0.29) is 5.91 Å². The van der Waals surface area contributed by atoms with Crippen LogP contribution in [0.25, 0.3) is 0 Å². The van der Waals surface area contributed by atoms with Crippen LogP contribution in [0.2, 0.25) is 0 Å². The van der Waals surface area contributed by atoms with E-state index in [0.29, 0.717) is 19.8 Å². The summed E-state index contributed by atoms with van der Waals surface area (Å²) in [6.45, 7) is 7.05. The van der Waals surface area contributed by atoms with Crippen LogP contribution in [0.5, 0.6) is 0 Å². The lowest BCUT2D eigenvalue weighted by Crippen LogP contribution is -2.48. The van der Waals surface area contributed by atoms with Gasteiger partial charge in [-0.25, -0.2) is 0 Å². The predicted octanol–water partition coefficient (Wildman–Crippen LogP) is 1.58. The number of amides is 1. The summed E-state index contributed by atoms with van der Waals surface area (Å²) < 4.78 is 5.40. The van der Waals surface area contributed by atoms with E-state index < -0.39 is 5.54 Å². The maximum absolute atomic E-state index is 11.7. The highest BCUT2D eigenvalue weighted by Gasteiger charge is 2.21. The number of nitrogens with two attached hydrogens (primary N) is 1. The average molecular weight is 250 g/mol. The SMILES string of the molecule is CCOCc1ccccc1CNC(=O)C(C)(C)N. The van der Waals surface area contributed by atoms with Crippen LogP contribution < -0.4 is 11.1 Å². The molecular formula is C14H22N2O2. The molecule has 0 saturated carbocycles. The van der Waals surface area contributed by atoms with Crippen molar-refractivity contribution >= 4 is 5.91 Å². The normalized spacial score (nSPS) is 11.3. The maximum Gasteiger partial charge on any atom is 0.239 e. The number of nitrogens with one attached hydrogen (secondary N) is 1. The van der Waals surface area contributed by atoms with Crippen molar-refractivity contribution in [3.8, 4) is 0 Å². The zero-order valence-electron chi connectivity index (χ0n) is 11.3. The molecule has 0 bridgehead atoms. The molecular weight excluding hydrogens is 228 g/mol. The fraction of sp³-hybridized carbons (Fsp3) is 0.500. The Morgan fingerprint density at radius 1 is 1.33 bits per heavy atom. The first-order valence-corrected chi connectivity index (χ1v) is 6.17. The first-order chi connectivity index (χ1) is 8.45. The van der Waals surface area contributed by atoms with Gasteiger partial charge in [0.15, 0.2) is 0 Å². The van der Waals surface area contributed by atoms with Crippen LogP contribution in [-0.4, -0.2) is 18.1 Å². The average Bonchev–Trinajstić information content (AvgIpc) is 2.33. The van der Waals surface area contributed by atoms with Crippen molar-refractivity contribution < 1.29 is 9.53 Å². The van der Waals surface area contributed by atoms with Gasteiger partial charge in [-0.05, 0) is 31.9 Å². The van der Waals surface area contributed by atoms with Gasteiger partial charge in [0.25, 0.3) is 0 Å². The van der Waals surface area contributed by atoms with Crippen molar-refractivity contribution in [2.24, 2.45) is 5.73 Å². The van der Waals surface area contributed by atoms with Gasteiger partial charge in [-0.2, -0.15) is 0 Å². The van der Waals surface area contributed by atoms with Gasteiger partial charge in [0.1, 0.15) is 0 Å². The summed E-state index contributed by atoms with van der Waals surface area (Å²) in [6, 6.07) is 7.90. The molecule has 0 spiro atoms. The van der Waals surface area contributed by atoms with E-state index in [2.05, 4.69) is 5.32 Å². The van der Waals surface area contributed by atoms with Gasteiger partial charge >= 0.3 is 0 Å². The Morgan fingerprint density at radius 3 is 2.50 bits per heavy atom. The van der Waals surface area contributed by atoms with Crippen molar-refractivity contribution in [2.75, 3.05) is 6.61 Å². The quantitative estimate of drug-likeness (QED) is 0.805. The van der Waals surface area contributed by atoms with Gasteiger partial charge in [-0.3, -0.25) is 4.79 Å². The lowest BCUT2D eigenvalue weighted by molar-refractivity contribution is -0.125. The van der Waals surface area contributed by atoms with E-state index in [9.17, 15) is 4.79 Å². The van der Waals surface area contributed by atoms with Crippen LogP contribution in [0.1, 0.15) is 31.9 Å². The van der Waals surface area contributed by atoms with Gasteiger partial charge in [-0.1, -0.05) is 24.3 Å². The molecule has 4 heteroatoms. The molecule has 0 aromatic heterocycles. The third-order valence-electron chi connectivity index (χ3n) is 2.60. The Balaban J connectivity index is 2.64. The number of carbonyl (C=O) groups is 1. The summed E-state index contributed by atoms with van der Waals surface area (Å²) in [4.78, 5) is 11.7. The highest BCUT2D eigenvalue weighted by atomic mass is 16.5. The molecule has 18 heavy (non-hydrogen) atoms. The van der Waals surface area contributed by atoms with Gasteiger partial charge in [0, 0.05) is 13.2 Å².